The maximum atomic E-state index is 9.12. The van der Waals surface area contributed by atoms with Gasteiger partial charge in [0.05, 0.1) is 0 Å². The number of hydrogen-bond acceptors (Lipinski definition) is 1. The van der Waals surface area contributed by atoms with Gasteiger partial charge in [-0.25, -0.2) is 0 Å². The van der Waals surface area contributed by atoms with E-state index in [1.807, 2.05) is 24.3 Å². The van der Waals surface area contributed by atoms with Crippen molar-refractivity contribution in [1.82, 2.24) is 0 Å². The summed E-state index contributed by atoms with van der Waals surface area (Å²) < 4.78 is 1.43. The minimum absolute atomic E-state index is 0.0820. The fraction of sp³-hybridized carbons (Fsp3) is 0.391. The molecule has 0 spiro atoms. The summed E-state index contributed by atoms with van der Waals surface area (Å²) in [6.45, 7) is 9.57. The van der Waals surface area contributed by atoms with Gasteiger partial charge in [0.25, 0.3) is 0 Å². The Balaban J connectivity index is 1.91. The van der Waals surface area contributed by atoms with E-state index in [0.717, 1.165) is 11.1 Å². The molecule has 0 aromatic heterocycles. The zero-order valence-electron chi connectivity index (χ0n) is 15.5. The number of fused-ring (bicyclic) bond motifs is 1. The van der Waals surface area contributed by atoms with Crippen molar-refractivity contribution < 1.29 is 5.11 Å². The molecule has 0 amide bonds. The van der Waals surface area contributed by atoms with E-state index in [1.165, 1.54) is 28.4 Å². The first kappa shape index (κ1) is 18.3. The van der Waals surface area contributed by atoms with Gasteiger partial charge in [-0.1, -0.05) is 0 Å². The Labute approximate surface area is 158 Å². The molecule has 1 aliphatic carbocycles. The quantitative estimate of drug-likeness (QED) is 0.603. The zero-order valence-corrected chi connectivity index (χ0v) is 17.2. The van der Waals surface area contributed by atoms with Gasteiger partial charge in [-0.15, -0.1) is 0 Å². The van der Waals surface area contributed by atoms with Crippen LogP contribution < -0.4 is 4.46 Å². The average Bonchev–Trinajstić information content (AvgIpc) is 2.60. The summed E-state index contributed by atoms with van der Waals surface area (Å²) in [5, 5.41) is 9.12. The fourth-order valence-electron chi connectivity index (χ4n) is 3.60. The van der Waals surface area contributed by atoms with Gasteiger partial charge in [-0.05, 0) is 0 Å². The summed E-state index contributed by atoms with van der Waals surface area (Å²) in [5.41, 5.74) is 5.48. The molecular formula is C23H26OSe. The summed E-state index contributed by atoms with van der Waals surface area (Å²) in [4.78, 5) is 3.42. The molecule has 1 nitrogen and oxygen atoms in total. The Hall–Kier alpha value is -1.52. The van der Waals surface area contributed by atoms with Crippen LogP contribution in [-0.4, -0.2) is 20.1 Å². The first-order chi connectivity index (χ1) is 11.8. The Morgan fingerprint density at radius 1 is 0.960 bits per heavy atom. The topological polar surface area (TPSA) is 20.2 Å². The molecule has 3 rings (SSSR count). The standard InChI is InChI=1S/C23H26OSe/c1-22(2)13-14-23(3,4)21-19(22)6-5-7-20(21)25-15-12-17-8-10-18(16-24)11-9-17/h5-11,24H,13-14,16H2,1-4H3. The number of aliphatic hydroxyl groups is 1. The van der Waals surface area contributed by atoms with Gasteiger partial charge >= 0.3 is 158 Å². The van der Waals surface area contributed by atoms with Gasteiger partial charge < -0.3 is 0 Å². The van der Waals surface area contributed by atoms with Crippen LogP contribution in [-0.2, 0) is 17.4 Å². The Kier molecular flexibility index (Phi) is 5.12. The minimum atomic E-state index is 0.0820. The molecule has 0 aliphatic heterocycles. The van der Waals surface area contributed by atoms with Crippen LogP contribution in [0.15, 0.2) is 42.5 Å². The maximum absolute atomic E-state index is 9.12. The average molecular weight is 397 g/mol. The van der Waals surface area contributed by atoms with Crippen LogP contribution in [0.25, 0.3) is 0 Å². The third-order valence-electron chi connectivity index (χ3n) is 5.30. The third-order valence-corrected chi connectivity index (χ3v) is 6.90. The van der Waals surface area contributed by atoms with E-state index in [4.69, 9.17) is 5.11 Å². The molecule has 0 fully saturated rings. The number of aliphatic hydroxyl groups excluding tert-OH is 1. The van der Waals surface area contributed by atoms with Crippen LogP contribution in [0.1, 0.15) is 62.8 Å². The van der Waals surface area contributed by atoms with Gasteiger partial charge in [0.2, 0.25) is 0 Å². The van der Waals surface area contributed by atoms with Crippen LogP contribution in [0.2, 0.25) is 0 Å². The van der Waals surface area contributed by atoms with Crippen LogP contribution in [0.4, 0.5) is 0 Å². The molecule has 0 radical (unpaired) electrons. The van der Waals surface area contributed by atoms with E-state index in [9.17, 15) is 0 Å². The summed E-state index contributed by atoms with van der Waals surface area (Å²) in [5.74, 6) is 3.30. The molecule has 0 unspecified atom stereocenters. The summed E-state index contributed by atoms with van der Waals surface area (Å²) in [7, 11) is 0. The molecule has 2 aromatic rings. The van der Waals surface area contributed by atoms with Crippen molar-refractivity contribution in [2.75, 3.05) is 0 Å². The van der Waals surface area contributed by atoms with Crippen molar-refractivity contribution in [2.24, 2.45) is 0 Å². The molecule has 1 aliphatic rings. The van der Waals surface area contributed by atoms with Crippen LogP contribution in [0.5, 0.6) is 0 Å². The molecule has 0 bridgehead atoms. The van der Waals surface area contributed by atoms with Crippen molar-refractivity contribution in [3.63, 3.8) is 0 Å². The summed E-state index contributed by atoms with van der Waals surface area (Å²) in [6.07, 6.45) is 2.47. The van der Waals surface area contributed by atoms with E-state index in [1.54, 1.807) is 0 Å². The predicted octanol–water partition coefficient (Wildman–Crippen LogP) is 3.87. The molecule has 2 aromatic carbocycles. The number of hydrogen-bond donors (Lipinski definition) is 1. The third kappa shape index (κ3) is 3.85. The zero-order chi connectivity index (χ0) is 18.1. The van der Waals surface area contributed by atoms with Crippen molar-refractivity contribution in [1.29, 1.82) is 0 Å². The predicted molar refractivity (Wildman–Crippen MR) is 106 cm³/mol. The van der Waals surface area contributed by atoms with Crippen molar-refractivity contribution >= 4 is 19.4 Å². The second-order valence-electron chi connectivity index (χ2n) is 8.13. The van der Waals surface area contributed by atoms with Crippen LogP contribution in [0, 0.1) is 10.7 Å². The number of benzene rings is 2. The Morgan fingerprint density at radius 2 is 1.64 bits per heavy atom. The van der Waals surface area contributed by atoms with Gasteiger partial charge in [0.1, 0.15) is 0 Å². The van der Waals surface area contributed by atoms with Gasteiger partial charge in [-0.3, -0.25) is 0 Å². The number of rotatable bonds is 2. The van der Waals surface area contributed by atoms with E-state index in [2.05, 4.69) is 56.6 Å². The SMILES string of the molecule is CC1(C)CCC(C)(C)c2c([Se]C#Cc3ccc(CO)cc3)cccc21. The Bertz CT molecular complexity index is 819. The van der Waals surface area contributed by atoms with Crippen molar-refractivity contribution in [3.05, 3.63) is 64.7 Å². The molecule has 0 heterocycles. The van der Waals surface area contributed by atoms with E-state index in [-0.39, 0.29) is 32.4 Å². The summed E-state index contributed by atoms with van der Waals surface area (Å²) in [6, 6.07) is 14.6. The first-order valence-electron chi connectivity index (χ1n) is 8.85. The van der Waals surface area contributed by atoms with Gasteiger partial charge in [0, 0.05) is 0 Å². The van der Waals surface area contributed by atoms with Gasteiger partial charge in [0.15, 0.2) is 0 Å². The van der Waals surface area contributed by atoms with Crippen molar-refractivity contribution in [2.45, 2.75) is 58.0 Å². The van der Waals surface area contributed by atoms with Gasteiger partial charge in [-0.2, -0.15) is 0 Å². The van der Waals surface area contributed by atoms with E-state index < -0.39 is 0 Å². The molecule has 0 atom stereocenters. The van der Waals surface area contributed by atoms with Crippen LogP contribution in [0.3, 0.4) is 0 Å². The molecule has 25 heavy (non-hydrogen) atoms. The normalized spacial score (nSPS) is 17.3. The monoisotopic (exact) mass is 398 g/mol. The molecule has 1 N–H and O–H groups in total. The fourth-order valence-corrected chi connectivity index (χ4v) is 5.51. The Morgan fingerprint density at radius 3 is 2.32 bits per heavy atom. The van der Waals surface area contributed by atoms with E-state index in [0.29, 0.717) is 0 Å². The molecule has 2 heteroatoms. The van der Waals surface area contributed by atoms with E-state index >= 15 is 0 Å². The second kappa shape index (κ2) is 7.00. The second-order valence-corrected chi connectivity index (χ2v) is 9.91. The van der Waals surface area contributed by atoms with Crippen molar-refractivity contribution in [3.8, 4) is 10.7 Å². The molecule has 0 saturated heterocycles. The summed E-state index contributed by atoms with van der Waals surface area (Å²) >= 11 is 0.145. The molecule has 0 saturated carbocycles. The molecular weight excluding hydrogens is 371 g/mol. The molecule has 130 valence electrons. The van der Waals surface area contributed by atoms with Crippen LogP contribution >= 0.6 is 0 Å². The first-order valence-corrected chi connectivity index (χ1v) is 10.6.